The van der Waals surface area contributed by atoms with E-state index in [0.29, 0.717) is 11.1 Å². The lowest BCUT2D eigenvalue weighted by molar-refractivity contribution is -0.328. The second kappa shape index (κ2) is 18.2. The van der Waals surface area contributed by atoms with E-state index >= 15 is 0 Å². The van der Waals surface area contributed by atoms with E-state index in [1.807, 2.05) is 0 Å². The first kappa shape index (κ1) is 43.0. The van der Waals surface area contributed by atoms with Crippen LogP contribution in [0.3, 0.4) is 0 Å². The van der Waals surface area contributed by atoms with Crippen LogP contribution in [0, 0.1) is 0 Å². The number of methoxy groups -OCH3 is 3. The minimum absolute atomic E-state index is 0.0204. The van der Waals surface area contributed by atoms with Gasteiger partial charge in [0, 0.05) is 23.8 Å². The van der Waals surface area contributed by atoms with Crippen LogP contribution in [0.4, 0.5) is 0 Å². The Morgan fingerprint density at radius 3 is 2.07 bits per heavy atom. The highest BCUT2D eigenvalue weighted by atomic mass is 16.7. The van der Waals surface area contributed by atoms with E-state index in [1.165, 1.54) is 69.9 Å². The number of fused-ring (bicyclic) bond motifs is 1. The predicted octanol–water partition coefficient (Wildman–Crippen LogP) is -0.0856. The molecule has 2 saturated heterocycles. The molecule has 2 fully saturated rings. The third-order valence-electron chi connectivity index (χ3n) is 9.73. The Morgan fingerprint density at radius 2 is 1.41 bits per heavy atom. The Balaban J connectivity index is 1.30. The second-order valence-electron chi connectivity index (χ2n) is 13.5. The molecule has 20 heteroatoms. The average molecular weight is 833 g/mol. The molecule has 10 N–H and O–H groups in total. The van der Waals surface area contributed by atoms with Crippen LogP contribution < -0.4 is 18.9 Å². The number of aliphatic hydroxyl groups is 6. The number of phenolic OH excluding ortho intramolecular Hbond substituents is 4. The Hall–Kier alpha value is -5.55. The summed E-state index contributed by atoms with van der Waals surface area (Å²) < 4.78 is 50.5. The van der Waals surface area contributed by atoms with Gasteiger partial charge in [0.15, 0.2) is 41.5 Å². The van der Waals surface area contributed by atoms with Gasteiger partial charge in [-0.15, -0.1) is 0 Å². The molecule has 0 spiro atoms. The highest BCUT2D eigenvalue weighted by Crippen LogP contribution is 2.46. The zero-order valence-electron chi connectivity index (χ0n) is 31.6. The van der Waals surface area contributed by atoms with Crippen LogP contribution in [0.15, 0.2) is 54.3 Å². The van der Waals surface area contributed by atoms with Crippen molar-refractivity contribution in [2.24, 2.45) is 0 Å². The Bertz CT molecular complexity index is 2010. The molecule has 3 aliphatic heterocycles. The molecule has 0 amide bonds. The van der Waals surface area contributed by atoms with Gasteiger partial charge in [-0.05, 0) is 42.0 Å². The van der Waals surface area contributed by atoms with E-state index < -0.39 is 92.4 Å². The number of hydrogen-bond acceptors (Lipinski definition) is 20. The maximum atomic E-state index is 13.2. The summed E-state index contributed by atoms with van der Waals surface area (Å²) in [6.07, 6.45) is -15.1. The SMILES string of the molecule is COc1cc(C2Oc3cc(O)cc(O)c3C=C2O[C@H]2O[C@@H](CO[C@H]3O[C@@H](CO)[C@@H](O)[C@H](O)[C@H]3O)[C@@H](OC(=O)/C=C\c3cc(OC)c(O)c(OC)c3)[C@H](O)[C@H]2O)ccc1O. The van der Waals surface area contributed by atoms with Gasteiger partial charge in [-0.25, -0.2) is 4.79 Å². The number of carbonyl (C=O) groups is 1. The maximum Gasteiger partial charge on any atom is 0.331 e. The van der Waals surface area contributed by atoms with Gasteiger partial charge in [-0.1, -0.05) is 6.07 Å². The number of aromatic hydroxyl groups is 4. The van der Waals surface area contributed by atoms with Gasteiger partial charge in [0.05, 0.1) is 40.1 Å². The standard InChI is InChI=1S/C39H44O20/c1-51-23-10-17(5-6-20(23)42)36-26(13-19-21(43)11-18(41)12-22(19)55-36)56-39-35(50)33(48)37(28(58-39)15-54-38-34(49)32(47)31(46)27(14-40)57-38)59-29(44)7-4-16-8-24(52-2)30(45)25(9-16)53-3/h4-13,27-28,31-43,45-50H,14-15H2,1-3H3/b7-4-/t27-,28-,31+,32-,33+,34+,35+,36?,37+,38-,39-/m0/s1. The van der Waals surface area contributed by atoms with Crippen LogP contribution in [0.25, 0.3) is 12.2 Å². The molecule has 1 unspecified atom stereocenters. The van der Waals surface area contributed by atoms with Crippen molar-refractivity contribution in [2.45, 2.75) is 67.5 Å². The number of phenols is 4. The Morgan fingerprint density at radius 1 is 0.746 bits per heavy atom. The van der Waals surface area contributed by atoms with E-state index in [1.54, 1.807) is 0 Å². The molecule has 0 aromatic heterocycles. The Kier molecular flexibility index (Phi) is 13.2. The topological polar surface area (TPSA) is 302 Å². The molecule has 6 rings (SSSR count). The van der Waals surface area contributed by atoms with Crippen molar-refractivity contribution in [1.82, 2.24) is 0 Å². The number of esters is 1. The maximum absolute atomic E-state index is 13.2. The van der Waals surface area contributed by atoms with Crippen molar-refractivity contribution in [2.75, 3.05) is 34.5 Å². The predicted molar refractivity (Wildman–Crippen MR) is 197 cm³/mol. The molecule has 3 aromatic rings. The summed E-state index contributed by atoms with van der Waals surface area (Å²) in [6, 6.07) is 9.27. The van der Waals surface area contributed by atoms with Crippen LogP contribution in [-0.2, 0) is 28.5 Å². The second-order valence-corrected chi connectivity index (χ2v) is 13.5. The minimum Gasteiger partial charge on any atom is -0.508 e. The third kappa shape index (κ3) is 9.05. The monoisotopic (exact) mass is 832 g/mol. The largest absolute Gasteiger partial charge is 0.508 e. The minimum atomic E-state index is -1.98. The van der Waals surface area contributed by atoms with Crippen molar-refractivity contribution >= 4 is 18.1 Å². The molecule has 0 bridgehead atoms. The van der Waals surface area contributed by atoms with Gasteiger partial charge in [0.2, 0.25) is 12.0 Å². The van der Waals surface area contributed by atoms with E-state index in [-0.39, 0.29) is 51.6 Å². The summed E-state index contributed by atoms with van der Waals surface area (Å²) in [7, 11) is 3.94. The molecule has 0 saturated carbocycles. The molecule has 20 nitrogen and oxygen atoms in total. The van der Waals surface area contributed by atoms with Gasteiger partial charge in [-0.3, -0.25) is 0 Å². The number of hydrogen-bond donors (Lipinski definition) is 10. The molecule has 3 aromatic carbocycles. The van der Waals surface area contributed by atoms with Crippen LogP contribution >= 0.6 is 0 Å². The third-order valence-corrected chi connectivity index (χ3v) is 9.73. The molecule has 0 radical (unpaired) electrons. The lowest BCUT2D eigenvalue weighted by Crippen LogP contribution is -2.62. The molecule has 0 aliphatic carbocycles. The normalized spacial score (nSPS) is 29.2. The van der Waals surface area contributed by atoms with Crippen molar-refractivity contribution in [3.05, 3.63) is 71.0 Å². The number of aliphatic hydroxyl groups excluding tert-OH is 6. The van der Waals surface area contributed by atoms with Crippen molar-refractivity contribution < 1.29 is 98.5 Å². The summed E-state index contributed by atoms with van der Waals surface area (Å²) in [5, 5.41) is 105. The van der Waals surface area contributed by atoms with Gasteiger partial charge >= 0.3 is 5.97 Å². The fourth-order valence-corrected chi connectivity index (χ4v) is 6.59. The van der Waals surface area contributed by atoms with Gasteiger partial charge in [0.1, 0.15) is 65.7 Å². The van der Waals surface area contributed by atoms with Crippen molar-refractivity contribution in [1.29, 1.82) is 0 Å². The molecule has 3 aliphatic rings. The van der Waals surface area contributed by atoms with Gasteiger partial charge in [0.25, 0.3) is 0 Å². The van der Waals surface area contributed by atoms with E-state index in [0.717, 1.165) is 12.1 Å². The van der Waals surface area contributed by atoms with Crippen LogP contribution in [-0.4, -0.2) is 153 Å². The number of carbonyl (C=O) groups excluding carboxylic acids is 1. The summed E-state index contributed by atoms with van der Waals surface area (Å²) in [6.45, 7) is -1.46. The fraction of sp³-hybridized carbons (Fsp3) is 0.410. The number of rotatable bonds is 13. The fourth-order valence-electron chi connectivity index (χ4n) is 6.59. The molecule has 59 heavy (non-hydrogen) atoms. The van der Waals surface area contributed by atoms with Crippen LogP contribution in [0.1, 0.15) is 22.8 Å². The smallest absolute Gasteiger partial charge is 0.331 e. The van der Waals surface area contributed by atoms with Gasteiger partial charge < -0.3 is 93.7 Å². The number of benzene rings is 3. The quantitative estimate of drug-likeness (QED) is 0.0795. The lowest BCUT2D eigenvalue weighted by Gasteiger charge is -2.44. The van der Waals surface area contributed by atoms with E-state index in [9.17, 15) is 55.9 Å². The Labute approximate surface area is 335 Å². The summed E-state index contributed by atoms with van der Waals surface area (Å²) >= 11 is 0. The number of ether oxygens (including phenoxy) is 9. The first-order chi connectivity index (χ1) is 28.2. The van der Waals surface area contributed by atoms with Crippen molar-refractivity contribution in [3.63, 3.8) is 0 Å². The molecule has 11 atom stereocenters. The molecule has 320 valence electrons. The molecule has 3 heterocycles. The van der Waals surface area contributed by atoms with Crippen LogP contribution in [0.2, 0.25) is 0 Å². The lowest BCUT2D eigenvalue weighted by atomic mass is 9.97. The van der Waals surface area contributed by atoms with Gasteiger partial charge in [-0.2, -0.15) is 0 Å². The van der Waals surface area contributed by atoms with E-state index in [2.05, 4.69) is 0 Å². The zero-order chi connectivity index (χ0) is 42.7. The first-order valence-electron chi connectivity index (χ1n) is 17.9. The summed E-state index contributed by atoms with van der Waals surface area (Å²) in [5.74, 6) is -2.27. The highest BCUT2D eigenvalue weighted by molar-refractivity contribution is 5.87. The summed E-state index contributed by atoms with van der Waals surface area (Å²) in [4.78, 5) is 13.2. The van der Waals surface area contributed by atoms with E-state index in [4.69, 9.17) is 42.6 Å². The summed E-state index contributed by atoms with van der Waals surface area (Å²) in [5.41, 5.74) is 0.697. The zero-order valence-corrected chi connectivity index (χ0v) is 31.6. The first-order valence-corrected chi connectivity index (χ1v) is 17.9. The van der Waals surface area contributed by atoms with Crippen molar-refractivity contribution in [3.8, 4) is 46.0 Å². The molecular formula is C39H44O20. The van der Waals surface area contributed by atoms with Crippen LogP contribution in [0.5, 0.6) is 46.0 Å². The molecular weight excluding hydrogens is 788 g/mol. The average Bonchev–Trinajstić information content (AvgIpc) is 3.22. The highest BCUT2D eigenvalue weighted by Gasteiger charge is 2.50.